The number of aldehydes is 1. The number of carbonyl (C=O) groups excluding carboxylic acids is 3. The first-order valence-corrected chi connectivity index (χ1v) is 21.3. The van der Waals surface area contributed by atoms with E-state index in [-0.39, 0.29) is 52.8 Å². The molecule has 0 aliphatic heterocycles. The fourth-order valence-electron chi connectivity index (χ4n) is 6.62. The number of carbonyl (C=O) groups is 3. The lowest BCUT2D eigenvalue weighted by molar-refractivity contribution is -0.630. The molecule has 6 aromatic rings. The summed E-state index contributed by atoms with van der Waals surface area (Å²) in [5.41, 5.74) is 13.1. The zero-order valence-corrected chi connectivity index (χ0v) is 39.3. The predicted octanol–water partition coefficient (Wildman–Crippen LogP) is 6.91. The van der Waals surface area contributed by atoms with E-state index in [1.165, 1.54) is 35.9 Å². The number of halogens is 4. The Bertz CT molecular complexity index is 2600. The summed E-state index contributed by atoms with van der Waals surface area (Å²) in [7, 11) is 1.00. The number of hydrogen-bond donors (Lipinski definition) is 3. The molecule has 0 bridgehead atoms. The number of hydrogen-bond acceptors (Lipinski definition) is 12. The number of ketones is 1. The number of aryl methyl sites for hydroxylation is 4. The molecule has 0 amide bonds. The third-order valence-electron chi connectivity index (χ3n) is 10.1. The third-order valence-corrected chi connectivity index (χ3v) is 11.2. The highest BCUT2D eigenvalue weighted by atomic mass is 79.9. The quantitative estimate of drug-likeness (QED) is 0.0644. The average molecular weight is 997 g/mol. The summed E-state index contributed by atoms with van der Waals surface area (Å²) < 4.78 is 35.8. The van der Waals surface area contributed by atoms with Crippen LogP contribution in [-0.2, 0) is 19.1 Å². The summed E-state index contributed by atoms with van der Waals surface area (Å²) in [6.45, 7) is 13.0. The Labute approximate surface area is 381 Å². The Balaban J connectivity index is 0.000000201. The van der Waals surface area contributed by atoms with E-state index in [1.54, 1.807) is 42.6 Å². The molecule has 2 unspecified atom stereocenters. The van der Waals surface area contributed by atoms with Crippen molar-refractivity contribution in [2.24, 2.45) is 17.8 Å². The summed E-state index contributed by atoms with van der Waals surface area (Å²) >= 11 is 6.65. The fraction of sp³-hybridized carbons (Fsp3) is 0.333. The molecule has 0 spiro atoms. The largest absolute Gasteiger partial charge is 0.872 e. The number of fused-ring (bicyclic) bond motifs is 1. The van der Waals surface area contributed by atoms with Gasteiger partial charge < -0.3 is 19.7 Å². The number of nitrogens with two attached hydrogens (primary N) is 2. The van der Waals surface area contributed by atoms with Gasteiger partial charge in [-0.05, 0) is 111 Å². The SMILES string of the molecule is CC(=O)C1CC1C=O.CCOC(=O)[C@H]1C[C@@H]1c1nc2c(Br)nc(-c3cccc(F)c3)c(C)n2n1.CO.Cc1c(-c2cccc(F)c2)nc(Br)c(N)[n+]1N.Cc1cc(C)c([O-])c(C)c1. The number of aromatic nitrogens is 6. The molecule has 2 fully saturated rings. The molecule has 3 heterocycles. The van der Waals surface area contributed by atoms with Crippen LogP contribution in [0.1, 0.15) is 66.5 Å². The molecule has 8 rings (SSSR count). The molecule has 3 aromatic heterocycles. The number of aliphatic hydroxyl groups is 1. The molecule has 334 valence electrons. The summed E-state index contributed by atoms with van der Waals surface area (Å²) in [6, 6.07) is 16.3. The van der Waals surface area contributed by atoms with Gasteiger partial charge in [0.15, 0.2) is 26.4 Å². The minimum atomic E-state index is -0.325. The number of benzene rings is 3. The fourth-order valence-corrected chi connectivity index (χ4v) is 7.42. The summed E-state index contributed by atoms with van der Waals surface area (Å²) in [4.78, 5) is 45.5. The van der Waals surface area contributed by atoms with Crippen LogP contribution in [-0.4, -0.2) is 61.4 Å². The molecule has 18 heteroatoms. The van der Waals surface area contributed by atoms with Gasteiger partial charge in [-0.15, -0.1) is 10.4 Å². The van der Waals surface area contributed by atoms with Gasteiger partial charge in [0.2, 0.25) is 0 Å². The molecule has 0 radical (unpaired) electrons. The Morgan fingerprint density at radius 3 is 1.95 bits per heavy atom. The monoisotopic (exact) mass is 994 g/mol. The van der Waals surface area contributed by atoms with Crippen molar-refractivity contribution in [2.75, 3.05) is 25.3 Å². The Kier molecular flexibility index (Phi) is 17.5. The number of aliphatic hydroxyl groups excluding tert-OH is 1. The number of nitrogens with zero attached hydrogens (tertiary/aromatic N) is 6. The number of Topliss-reactive ketones (excluding diaryl/α,β-unsaturated/α-hetero) is 1. The van der Waals surface area contributed by atoms with Gasteiger partial charge in [0.25, 0.3) is 0 Å². The van der Waals surface area contributed by atoms with Crippen molar-refractivity contribution in [3.8, 4) is 28.3 Å². The third kappa shape index (κ3) is 12.5. The smallest absolute Gasteiger partial charge is 0.329 e. The molecule has 63 heavy (non-hydrogen) atoms. The highest BCUT2D eigenvalue weighted by Gasteiger charge is 2.48. The van der Waals surface area contributed by atoms with Crippen molar-refractivity contribution in [1.29, 1.82) is 0 Å². The number of nitrogen functional groups attached to an aromatic ring is 2. The second-order valence-electron chi connectivity index (χ2n) is 14.8. The van der Waals surface area contributed by atoms with Gasteiger partial charge in [-0.2, -0.15) is 5.10 Å². The minimum Gasteiger partial charge on any atom is -0.872 e. The molecule has 2 aliphatic rings. The molecule has 4 atom stereocenters. The van der Waals surface area contributed by atoms with E-state index in [9.17, 15) is 28.3 Å². The van der Waals surface area contributed by atoms with Gasteiger partial charge >= 0.3 is 11.8 Å². The number of ether oxygens (including phenoxy) is 1. The maximum absolute atomic E-state index is 13.6. The van der Waals surface area contributed by atoms with Crippen LogP contribution in [0.25, 0.3) is 28.2 Å². The van der Waals surface area contributed by atoms with E-state index in [0.29, 0.717) is 67.7 Å². The molecule has 0 saturated heterocycles. The Morgan fingerprint density at radius 2 is 1.46 bits per heavy atom. The highest BCUT2D eigenvalue weighted by molar-refractivity contribution is 9.10. The minimum absolute atomic E-state index is 0.0298. The molecule has 5 N–H and O–H groups in total. The van der Waals surface area contributed by atoms with Crippen LogP contribution in [0.2, 0.25) is 0 Å². The van der Waals surface area contributed by atoms with Crippen LogP contribution in [0.15, 0.2) is 69.9 Å². The standard InChI is InChI=1S/C18H16BrFN4O2.C11H10BrFN4.C9H12O.C6H8O2.CH4O/c1-3-26-18(25)13-8-12(13)16-22-17-15(19)21-14(9(2)24(17)23-16)10-5-4-6-11(20)7-10;1-6-9(7-3-2-4-8(13)5-7)16-10(12)11(14)17(6)15;1-6-4-7(2)9(10)8(3)5-6;1-4(8)6-2-5(6)3-7;1-2/h4-7,12-13H,3,8H2,1-2H3;2-5,14H,15H2,1H3;4-5,10H,1-3H3;3,5-6H,2H2,1H3;2H,1H3/t12-,13-;;;;/m0..../s1. The molecular weight excluding hydrogens is 946 g/mol. The zero-order valence-electron chi connectivity index (χ0n) is 36.1. The highest BCUT2D eigenvalue weighted by Crippen LogP contribution is 2.47. The topological polar surface area (TPSA) is 216 Å². The van der Waals surface area contributed by atoms with E-state index in [2.05, 4.69) is 51.9 Å². The molecular formula is C45H50Br2F2N8O6. The van der Waals surface area contributed by atoms with Gasteiger partial charge in [0.05, 0.1) is 23.9 Å². The van der Waals surface area contributed by atoms with Crippen LogP contribution in [0.3, 0.4) is 0 Å². The van der Waals surface area contributed by atoms with E-state index in [1.807, 2.05) is 39.8 Å². The average Bonchev–Trinajstić information content (AvgIpc) is 4.19. The Morgan fingerprint density at radius 1 is 0.905 bits per heavy atom. The Hall–Kier alpha value is -5.72. The molecule has 3 aromatic carbocycles. The van der Waals surface area contributed by atoms with Crippen LogP contribution in [0, 0.1) is 64.0 Å². The number of rotatable bonds is 7. The first-order chi connectivity index (χ1) is 29.9. The van der Waals surface area contributed by atoms with E-state index >= 15 is 0 Å². The van der Waals surface area contributed by atoms with E-state index in [4.69, 9.17) is 21.4 Å². The lowest BCUT2D eigenvalue weighted by atomic mass is 10.1. The lowest BCUT2D eigenvalue weighted by Crippen LogP contribution is -2.50. The first-order valence-electron chi connectivity index (χ1n) is 19.8. The van der Waals surface area contributed by atoms with Gasteiger partial charge in [0.1, 0.15) is 29.4 Å². The summed E-state index contributed by atoms with van der Waals surface area (Å²) in [6.07, 6.45) is 2.35. The van der Waals surface area contributed by atoms with Crippen LogP contribution in [0.4, 0.5) is 14.6 Å². The van der Waals surface area contributed by atoms with Crippen molar-refractivity contribution >= 4 is 61.4 Å². The molecule has 2 aliphatic carbocycles. The molecule has 2 saturated carbocycles. The van der Waals surface area contributed by atoms with Crippen molar-refractivity contribution < 1.29 is 42.8 Å². The van der Waals surface area contributed by atoms with Crippen molar-refractivity contribution in [1.82, 2.24) is 24.6 Å². The zero-order chi connectivity index (χ0) is 46.9. The van der Waals surface area contributed by atoms with Crippen LogP contribution >= 0.6 is 31.9 Å². The molecule has 14 nitrogen and oxygen atoms in total. The van der Waals surface area contributed by atoms with Gasteiger partial charge in [0, 0.05) is 42.9 Å². The second-order valence-corrected chi connectivity index (χ2v) is 16.3. The normalized spacial score (nSPS) is 16.7. The van der Waals surface area contributed by atoms with E-state index < -0.39 is 0 Å². The van der Waals surface area contributed by atoms with Gasteiger partial charge in [-0.3, -0.25) is 21.2 Å². The van der Waals surface area contributed by atoms with Crippen molar-refractivity contribution in [3.63, 3.8) is 0 Å². The van der Waals surface area contributed by atoms with Crippen LogP contribution < -0.4 is 21.4 Å². The first kappa shape index (κ1) is 49.9. The van der Waals surface area contributed by atoms with E-state index in [0.717, 1.165) is 42.2 Å². The van der Waals surface area contributed by atoms with Crippen molar-refractivity contribution in [3.05, 3.63) is 115 Å². The summed E-state index contributed by atoms with van der Waals surface area (Å²) in [5.74, 6) is 6.12. The maximum Gasteiger partial charge on any atom is 0.329 e. The summed E-state index contributed by atoms with van der Waals surface area (Å²) in [5, 5.41) is 22.7. The van der Waals surface area contributed by atoms with Gasteiger partial charge in [-0.25, -0.2) is 28.2 Å². The lowest BCUT2D eigenvalue weighted by Gasteiger charge is -2.14. The second kappa shape index (κ2) is 22.1. The van der Waals surface area contributed by atoms with Crippen molar-refractivity contribution in [2.45, 2.75) is 67.2 Å². The predicted molar refractivity (Wildman–Crippen MR) is 240 cm³/mol. The maximum atomic E-state index is 13.6. The number of anilines is 1. The van der Waals surface area contributed by atoms with Gasteiger partial charge in [-0.1, -0.05) is 53.1 Å². The number of esters is 1. The van der Waals surface area contributed by atoms with Crippen LogP contribution in [0.5, 0.6) is 5.75 Å².